The zero-order chi connectivity index (χ0) is 14.8. The normalized spacial score (nSPS) is 22.6. The van der Waals surface area contributed by atoms with Gasteiger partial charge < -0.3 is 9.80 Å². The van der Waals surface area contributed by atoms with Crippen LogP contribution in [0.1, 0.15) is 41.6 Å². The van der Waals surface area contributed by atoms with Crippen molar-refractivity contribution in [3.8, 4) is 0 Å². The molecule has 3 rings (SSSR count). The summed E-state index contributed by atoms with van der Waals surface area (Å²) in [5.41, 5.74) is 2.06. The molecule has 1 atom stereocenters. The van der Waals surface area contributed by atoms with Crippen molar-refractivity contribution >= 4 is 5.91 Å². The third-order valence-electron chi connectivity index (χ3n) is 4.71. The molecule has 114 valence electrons. The Hall–Kier alpha value is -1.35. The number of piperidine rings is 1. The van der Waals surface area contributed by atoms with Crippen molar-refractivity contribution in [1.29, 1.82) is 0 Å². The first kappa shape index (κ1) is 14.6. The molecule has 0 aromatic heterocycles. The molecule has 1 aliphatic heterocycles. The molecule has 1 unspecified atom stereocenters. The Morgan fingerprint density at radius 3 is 2.76 bits per heavy atom. The molecule has 1 aliphatic carbocycles. The predicted octanol–water partition coefficient (Wildman–Crippen LogP) is 3.01. The van der Waals surface area contributed by atoms with Gasteiger partial charge in [0.05, 0.1) is 0 Å². The van der Waals surface area contributed by atoms with Crippen LogP contribution < -0.4 is 0 Å². The fraction of sp³-hybridized carbons (Fsp3) is 0.611. The fourth-order valence-electron chi connectivity index (χ4n) is 3.50. The summed E-state index contributed by atoms with van der Waals surface area (Å²) in [5.74, 6) is 1.88. The molecule has 1 heterocycles. The van der Waals surface area contributed by atoms with Crippen LogP contribution in [0.25, 0.3) is 0 Å². The highest BCUT2D eigenvalue weighted by Crippen LogP contribution is 2.41. The maximum atomic E-state index is 12.7. The van der Waals surface area contributed by atoms with Crippen molar-refractivity contribution in [2.45, 2.75) is 32.2 Å². The van der Waals surface area contributed by atoms with Crippen molar-refractivity contribution in [3.05, 3.63) is 35.4 Å². The number of rotatable bonds is 4. The number of amides is 1. The third kappa shape index (κ3) is 3.65. The molecule has 1 aromatic carbocycles. The lowest BCUT2D eigenvalue weighted by atomic mass is 9.93. The number of nitrogens with zero attached hydrogens (tertiary/aromatic N) is 2. The maximum Gasteiger partial charge on any atom is 0.253 e. The van der Waals surface area contributed by atoms with Crippen LogP contribution in [-0.2, 0) is 6.54 Å². The topological polar surface area (TPSA) is 23.6 Å². The lowest BCUT2D eigenvalue weighted by molar-refractivity contribution is 0.0659. The maximum absolute atomic E-state index is 12.7. The summed E-state index contributed by atoms with van der Waals surface area (Å²) < 4.78 is 0. The molecule has 2 fully saturated rings. The summed E-state index contributed by atoms with van der Waals surface area (Å²) in [7, 11) is 4.11. The average molecular weight is 286 g/mol. The van der Waals surface area contributed by atoms with E-state index < -0.39 is 0 Å². The highest BCUT2D eigenvalue weighted by Gasteiger charge is 2.35. The van der Waals surface area contributed by atoms with Gasteiger partial charge in [-0.2, -0.15) is 0 Å². The molecule has 0 spiro atoms. The molecule has 21 heavy (non-hydrogen) atoms. The van der Waals surface area contributed by atoms with E-state index in [-0.39, 0.29) is 5.91 Å². The molecule has 0 N–H and O–H groups in total. The van der Waals surface area contributed by atoms with Crippen LogP contribution in [0, 0.1) is 11.8 Å². The van der Waals surface area contributed by atoms with Crippen LogP contribution in [-0.4, -0.2) is 42.9 Å². The van der Waals surface area contributed by atoms with E-state index in [1.54, 1.807) is 0 Å². The summed E-state index contributed by atoms with van der Waals surface area (Å²) in [6.07, 6.45) is 5.25. The van der Waals surface area contributed by atoms with Gasteiger partial charge in [-0.15, -0.1) is 0 Å². The van der Waals surface area contributed by atoms with Crippen LogP contribution >= 0.6 is 0 Å². The van der Waals surface area contributed by atoms with Gasteiger partial charge in [0.2, 0.25) is 0 Å². The van der Waals surface area contributed by atoms with Crippen LogP contribution in [0.15, 0.2) is 24.3 Å². The second-order valence-corrected chi connectivity index (χ2v) is 6.93. The molecule has 1 saturated carbocycles. The summed E-state index contributed by atoms with van der Waals surface area (Å²) >= 11 is 0. The lowest BCUT2D eigenvalue weighted by Crippen LogP contribution is -2.40. The minimum Gasteiger partial charge on any atom is -0.338 e. The van der Waals surface area contributed by atoms with E-state index in [0.717, 1.165) is 37.0 Å². The second kappa shape index (κ2) is 6.18. The van der Waals surface area contributed by atoms with Gasteiger partial charge in [-0.3, -0.25) is 4.79 Å². The number of carbonyl (C=O) groups excluding carboxylic acids is 1. The number of benzene rings is 1. The number of likely N-dealkylation sites (tertiary alicyclic amines) is 1. The molecule has 3 nitrogen and oxygen atoms in total. The molecule has 0 radical (unpaired) electrons. The average Bonchev–Trinajstić information content (AvgIpc) is 3.31. The fourth-order valence-corrected chi connectivity index (χ4v) is 3.50. The Kier molecular flexibility index (Phi) is 4.29. The third-order valence-corrected chi connectivity index (χ3v) is 4.71. The van der Waals surface area contributed by atoms with Gasteiger partial charge >= 0.3 is 0 Å². The molecule has 0 bridgehead atoms. The number of carbonyl (C=O) groups is 1. The van der Waals surface area contributed by atoms with Gasteiger partial charge in [-0.1, -0.05) is 12.1 Å². The summed E-state index contributed by atoms with van der Waals surface area (Å²) in [6.45, 7) is 2.78. The van der Waals surface area contributed by atoms with Gasteiger partial charge in [0.15, 0.2) is 0 Å². The summed E-state index contributed by atoms with van der Waals surface area (Å²) in [4.78, 5) is 17.0. The van der Waals surface area contributed by atoms with Gasteiger partial charge in [0.25, 0.3) is 5.91 Å². The zero-order valence-corrected chi connectivity index (χ0v) is 13.2. The highest BCUT2D eigenvalue weighted by atomic mass is 16.2. The second-order valence-electron chi connectivity index (χ2n) is 6.93. The van der Waals surface area contributed by atoms with Crippen LogP contribution in [0.4, 0.5) is 0 Å². The monoisotopic (exact) mass is 286 g/mol. The largest absolute Gasteiger partial charge is 0.338 e. The minimum atomic E-state index is 0.223. The lowest BCUT2D eigenvalue weighted by Gasteiger charge is -2.33. The smallest absolute Gasteiger partial charge is 0.253 e. The van der Waals surface area contributed by atoms with Crippen molar-refractivity contribution in [2.75, 3.05) is 27.2 Å². The van der Waals surface area contributed by atoms with Gasteiger partial charge in [-0.05, 0) is 69.3 Å². The summed E-state index contributed by atoms with van der Waals surface area (Å²) in [5, 5.41) is 0. The van der Waals surface area contributed by atoms with Crippen molar-refractivity contribution in [3.63, 3.8) is 0 Å². The molecule has 2 aliphatic rings. The quantitative estimate of drug-likeness (QED) is 0.849. The van der Waals surface area contributed by atoms with Crippen molar-refractivity contribution < 1.29 is 4.79 Å². The Morgan fingerprint density at radius 2 is 2.05 bits per heavy atom. The zero-order valence-electron chi connectivity index (χ0n) is 13.2. The Morgan fingerprint density at radius 1 is 1.24 bits per heavy atom. The Balaban J connectivity index is 1.68. The number of hydrogen-bond donors (Lipinski definition) is 0. The summed E-state index contributed by atoms with van der Waals surface area (Å²) in [6, 6.07) is 8.12. The Bertz CT molecular complexity index is 508. The van der Waals surface area contributed by atoms with E-state index in [1.807, 2.05) is 12.1 Å². The molecule has 1 amide bonds. The van der Waals surface area contributed by atoms with Crippen LogP contribution in [0.5, 0.6) is 0 Å². The molecular formula is C18H26N2O. The van der Waals surface area contributed by atoms with E-state index in [9.17, 15) is 4.79 Å². The molecular weight excluding hydrogens is 260 g/mol. The minimum absolute atomic E-state index is 0.223. The molecule has 1 aromatic rings. The first-order valence-corrected chi connectivity index (χ1v) is 8.16. The predicted molar refractivity (Wildman–Crippen MR) is 85.2 cm³/mol. The van der Waals surface area contributed by atoms with E-state index >= 15 is 0 Å². The number of hydrogen-bond acceptors (Lipinski definition) is 2. The van der Waals surface area contributed by atoms with Crippen LogP contribution in [0.3, 0.4) is 0 Å². The SMILES string of the molecule is CN(C)Cc1cccc(C(=O)N2CCCC(C3CC3)C2)c1. The Labute approximate surface area is 127 Å². The van der Waals surface area contributed by atoms with Gasteiger partial charge in [-0.25, -0.2) is 0 Å². The van der Waals surface area contributed by atoms with Crippen molar-refractivity contribution in [1.82, 2.24) is 9.80 Å². The standard InChI is InChI=1S/C18H26N2O/c1-19(2)12-14-5-3-6-16(11-14)18(21)20-10-4-7-17(13-20)15-8-9-15/h3,5-6,11,15,17H,4,7-10,12-13H2,1-2H3. The van der Waals surface area contributed by atoms with Gasteiger partial charge in [0.1, 0.15) is 0 Å². The first-order chi connectivity index (χ1) is 10.1. The van der Waals surface area contributed by atoms with Crippen molar-refractivity contribution in [2.24, 2.45) is 11.8 Å². The molecule has 3 heteroatoms. The first-order valence-electron chi connectivity index (χ1n) is 8.16. The molecule has 1 saturated heterocycles. The van der Waals surface area contributed by atoms with Crippen LogP contribution in [0.2, 0.25) is 0 Å². The van der Waals surface area contributed by atoms with Gasteiger partial charge in [0, 0.05) is 25.2 Å². The van der Waals surface area contributed by atoms with E-state index in [1.165, 1.54) is 31.2 Å². The highest BCUT2D eigenvalue weighted by molar-refractivity contribution is 5.94. The van der Waals surface area contributed by atoms with E-state index in [4.69, 9.17) is 0 Å². The van der Waals surface area contributed by atoms with E-state index in [0.29, 0.717) is 0 Å². The van der Waals surface area contributed by atoms with E-state index in [2.05, 4.69) is 36.0 Å².